The van der Waals surface area contributed by atoms with Crippen molar-refractivity contribution in [1.82, 2.24) is 14.6 Å². The summed E-state index contributed by atoms with van der Waals surface area (Å²) in [6, 6.07) is 10.8. The largest absolute Gasteiger partial charge is 0.365 e. The van der Waals surface area contributed by atoms with Gasteiger partial charge in [-0.25, -0.2) is 9.50 Å². The van der Waals surface area contributed by atoms with E-state index in [4.69, 9.17) is 0 Å². The fourth-order valence-corrected chi connectivity index (χ4v) is 3.71. The van der Waals surface area contributed by atoms with E-state index in [-0.39, 0.29) is 0 Å². The average Bonchev–Trinajstić information content (AvgIpc) is 2.94. The number of nitrogens with one attached hydrogen (secondary N) is 1. The summed E-state index contributed by atoms with van der Waals surface area (Å²) in [6.45, 7) is 2.19. The van der Waals surface area contributed by atoms with Gasteiger partial charge >= 0.3 is 0 Å². The molecule has 0 radical (unpaired) electrons. The second-order valence-corrected chi connectivity index (χ2v) is 6.88. The van der Waals surface area contributed by atoms with Gasteiger partial charge in [0.15, 0.2) is 5.82 Å². The second-order valence-electron chi connectivity index (χ2n) is 4.94. The molecular weight excluding hydrogens is 360 g/mol. The van der Waals surface area contributed by atoms with Crippen LogP contribution in [0, 0.1) is 0 Å². The summed E-state index contributed by atoms with van der Waals surface area (Å²) in [5.41, 5.74) is 0.977. The number of hydrogen-bond acceptors (Lipinski definition) is 4. The predicted molar refractivity (Wildman–Crippen MR) is 95.6 cm³/mol. The van der Waals surface area contributed by atoms with E-state index >= 15 is 0 Å². The van der Waals surface area contributed by atoms with Gasteiger partial charge in [-0.05, 0) is 34.5 Å². The lowest BCUT2D eigenvalue weighted by atomic mass is 10.2. The van der Waals surface area contributed by atoms with Crippen molar-refractivity contribution in [3.05, 3.63) is 53.4 Å². The summed E-state index contributed by atoms with van der Waals surface area (Å²) in [4.78, 5) is 5.76. The highest BCUT2D eigenvalue weighted by Crippen LogP contribution is 2.25. The number of hydrogen-bond donors (Lipinski definition) is 1. The van der Waals surface area contributed by atoms with Crippen LogP contribution < -0.4 is 5.32 Å². The minimum Gasteiger partial charge on any atom is -0.365 e. The Hall–Kier alpha value is -1.53. The maximum atomic E-state index is 4.47. The molecule has 114 valence electrons. The molecular formula is C16H17BrN4S. The van der Waals surface area contributed by atoms with Gasteiger partial charge in [-0.2, -0.15) is 5.10 Å². The van der Waals surface area contributed by atoms with Gasteiger partial charge in [0.2, 0.25) is 0 Å². The van der Waals surface area contributed by atoms with Crippen molar-refractivity contribution in [2.75, 3.05) is 11.1 Å². The molecule has 0 saturated carbocycles. The summed E-state index contributed by atoms with van der Waals surface area (Å²) in [6.07, 6.45) is 6.45. The van der Waals surface area contributed by atoms with Gasteiger partial charge in [0.25, 0.3) is 0 Å². The molecule has 0 saturated heterocycles. The molecule has 0 spiro atoms. The van der Waals surface area contributed by atoms with Crippen molar-refractivity contribution in [1.29, 1.82) is 0 Å². The van der Waals surface area contributed by atoms with Crippen molar-refractivity contribution in [3.63, 3.8) is 0 Å². The number of fused-ring (bicyclic) bond motifs is 1. The first kappa shape index (κ1) is 15.4. The molecule has 3 rings (SSSR count). The standard InChI is InChI=1S/C16H17BrN4S/c1-2-12(11-22-13-6-4-3-5-7-13)20-16-15-14(17)10-19-21(15)9-8-18-16/h3-10,12H,2,11H2,1H3,(H,18,20). The molecule has 0 bridgehead atoms. The van der Waals surface area contributed by atoms with E-state index in [0.717, 1.165) is 28.0 Å². The lowest BCUT2D eigenvalue weighted by Gasteiger charge is -2.18. The summed E-state index contributed by atoms with van der Waals surface area (Å²) < 4.78 is 2.78. The predicted octanol–water partition coefficient (Wildman–Crippen LogP) is 4.47. The summed E-state index contributed by atoms with van der Waals surface area (Å²) in [5, 5.41) is 7.84. The van der Waals surface area contributed by atoms with Gasteiger partial charge in [0.1, 0.15) is 5.52 Å². The van der Waals surface area contributed by atoms with E-state index in [1.54, 1.807) is 12.4 Å². The Morgan fingerprint density at radius 1 is 1.32 bits per heavy atom. The Morgan fingerprint density at radius 3 is 2.91 bits per heavy atom. The van der Waals surface area contributed by atoms with Gasteiger partial charge in [-0.1, -0.05) is 25.1 Å². The van der Waals surface area contributed by atoms with E-state index in [2.05, 4.69) is 62.5 Å². The lowest BCUT2D eigenvalue weighted by Crippen LogP contribution is -2.22. The topological polar surface area (TPSA) is 42.2 Å². The highest BCUT2D eigenvalue weighted by Gasteiger charge is 2.13. The number of anilines is 1. The Kier molecular flexibility index (Phi) is 5.00. The Labute approximate surface area is 142 Å². The molecule has 0 amide bonds. The molecule has 22 heavy (non-hydrogen) atoms. The molecule has 0 fully saturated rings. The van der Waals surface area contributed by atoms with Crippen LogP contribution in [0.1, 0.15) is 13.3 Å². The Balaban J connectivity index is 1.73. The van der Waals surface area contributed by atoms with Gasteiger partial charge in [0, 0.05) is 29.1 Å². The van der Waals surface area contributed by atoms with Gasteiger partial charge < -0.3 is 5.32 Å². The first-order valence-corrected chi connectivity index (χ1v) is 8.98. The Morgan fingerprint density at radius 2 is 2.14 bits per heavy atom. The number of halogens is 1. The van der Waals surface area contributed by atoms with Gasteiger partial charge in [0.05, 0.1) is 10.7 Å². The lowest BCUT2D eigenvalue weighted by molar-refractivity contribution is 0.768. The van der Waals surface area contributed by atoms with Crippen molar-refractivity contribution < 1.29 is 0 Å². The van der Waals surface area contributed by atoms with Gasteiger partial charge in [-0.3, -0.25) is 0 Å². The number of aromatic nitrogens is 3. The first-order chi connectivity index (χ1) is 10.8. The quantitative estimate of drug-likeness (QED) is 0.644. The molecule has 0 aliphatic carbocycles. The van der Waals surface area contributed by atoms with Crippen LogP contribution in [0.2, 0.25) is 0 Å². The normalized spacial score (nSPS) is 12.5. The second kappa shape index (κ2) is 7.15. The van der Waals surface area contributed by atoms with Crippen LogP contribution in [-0.2, 0) is 0 Å². The fourth-order valence-electron chi connectivity index (χ4n) is 2.18. The molecule has 2 heterocycles. The molecule has 1 aromatic carbocycles. The number of rotatable bonds is 6. The molecule has 3 aromatic rings. The van der Waals surface area contributed by atoms with Crippen LogP contribution >= 0.6 is 27.7 Å². The minimum atomic E-state index is 0.353. The fraction of sp³-hybridized carbons (Fsp3) is 0.250. The third kappa shape index (κ3) is 3.44. The number of nitrogens with zero attached hydrogens (tertiary/aromatic N) is 3. The number of benzene rings is 1. The van der Waals surface area contributed by atoms with Crippen LogP contribution in [0.3, 0.4) is 0 Å². The van der Waals surface area contributed by atoms with E-state index in [1.165, 1.54) is 4.90 Å². The monoisotopic (exact) mass is 376 g/mol. The highest BCUT2D eigenvalue weighted by atomic mass is 79.9. The van der Waals surface area contributed by atoms with E-state index in [0.29, 0.717) is 6.04 Å². The van der Waals surface area contributed by atoms with E-state index in [9.17, 15) is 0 Å². The van der Waals surface area contributed by atoms with Crippen LogP contribution in [-0.4, -0.2) is 26.4 Å². The summed E-state index contributed by atoms with van der Waals surface area (Å²) in [5.74, 6) is 1.86. The maximum Gasteiger partial charge on any atom is 0.153 e. The van der Waals surface area contributed by atoms with Gasteiger partial charge in [-0.15, -0.1) is 11.8 Å². The first-order valence-electron chi connectivity index (χ1n) is 7.20. The van der Waals surface area contributed by atoms with Crippen LogP contribution in [0.5, 0.6) is 0 Å². The third-order valence-corrected chi connectivity index (χ3v) is 5.17. The van der Waals surface area contributed by atoms with Crippen molar-refractivity contribution in [2.24, 2.45) is 0 Å². The zero-order valence-corrected chi connectivity index (χ0v) is 14.6. The average molecular weight is 377 g/mol. The van der Waals surface area contributed by atoms with Crippen molar-refractivity contribution in [3.8, 4) is 0 Å². The zero-order chi connectivity index (χ0) is 15.4. The molecule has 4 nitrogen and oxygen atoms in total. The van der Waals surface area contributed by atoms with E-state index in [1.807, 2.05) is 28.5 Å². The van der Waals surface area contributed by atoms with Crippen LogP contribution in [0.4, 0.5) is 5.82 Å². The van der Waals surface area contributed by atoms with Crippen LogP contribution in [0.25, 0.3) is 5.52 Å². The van der Waals surface area contributed by atoms with E-state index < -0.39 is 0 Å². The third-order valence-electron chi connectivity index (χ3n) is 3.41. The minimum absolute atomic E-state index is 0.353. The summed E-state index contributed by atoms with van der Waals surface area (Å²) >= 11 is 5.40. The molecule has 2 aromatic heterocycles. The van der Waals surface area contributed by atoms with Crippen LogP contribution in [0.15, 0.2) is 58.3 Å². The molecule has 1 atom stereocenters. The zero-order valence-electron chi connectivity index (χ0n) is 12.2. The SMILES string of the molecule is CCC(CSc1ccccc1)Nc1nccn2ncc(Br)c12. The highest BCUT2D eigenvalue weighted by molar-refractivity contribution is 9.10. The molecule has 1 unspecified atom stereocenters. The molecule has 6 heteroatoms. The summed E-state index contributed by atoms with van der Waals surface area (Å²) in [7, 11) is 0. The smallest absolute Gasteiger partial charge is 0.153 e. The Bertz CT molecular complexity index is 744. The van der Waals surface area contributed by atoms with Crippen molar-refractivity contribution >= 4 is 39.0 Å². The molecule has 1 N–H and O–H groups in total. The van der Waals surface area contributed by atoms with Crippen molar-refractivity contribution in [2.45, 2.75) is 24.3 Å². The maximum absolute atomic E-state index is 4.47. The molecule has 0 aliphatic rings. The number of thioether (sulfide) groups is 1. The molecule has 0 aliphatic heterocycles.